The summed E-state index contributed by atoms with van der Waals surface area (Å²) in [5, 5.41) is 12.3. The van der Waals surface area contributed by atoms with Gasteiger partial charge in [0.1, 0.15) is 4.90 Å². The van der Waals surface area contributed by atoms with Crippen LogP contribution in [0.2, 0.25) is 0 Å². The van der Waals surface area contributed by atoms with Crippen LogP contribution in [0.3, 0.4) is 0 Å². The maximum absolute atomic E-state index is 13.2. The molecule has 2 rings (SSSR count). The van der Waals surface area contributed by atoms with Gasteiger partial charge in [0.2, 0.25) is 16.4 Å². The predicted molar refractivity (Wildman–Crippen MR) is 93.1 cm³/mol. The number of hydrogen-bond acceptors (Lipinski definition) is 4. The van der Waals surface area contributed by atoms with E-state index in [4.69, 9.17) is 0 Å². The van der Waals surface area contributed by atoms with Crippen molar-refractivity contribution in [2.45, 2.75) is 56.6 Å². The van der Waals surface area contributed by atoms with E-state index in [0.717, 1.165) is 25.7 Å². The summed E-state index contributed by atoms with van der Waals surface area (Å²) in [4.78, 5) is 10.8. The summed E-state index contributed by atoms with van der Waals surface area (Å²) in [6.45, 7) is 3.81. The van der Waals surface area contributed by atoms with Crippen LogP contribution >= 0.6 is 0 Å². The Bertz CT molecular complexity index is 652. The van der Waals surface area contributed by atoms with Gasteiger partial charge in [0.25, 0.3) is 0 Å². The monoisotopic (exact) mass is 354 g/mol. The van der Waals surface area contributed by atoms with E-state index in [1.54, 1.807) is 25.1 Å². The number of aliphatic hydroxyl groups is 1. The molecule has 134 valence electrons. The van der Waals surface area contributed by atoms with Crippen molar-refractivity contribution in [1.29, 1.82) is 0 Å². The van der Waals surface area contributed by atoms with Crippen LogP contribution in [0.1, 0.15) is 39.5 Å². The van der Waals surface area contributed by atoms with Crippen molar-refractivity contribution < 1.29 is 18.3 Å². The van der Waals surface area contributed by atoms with E-state index >= 15 is 0 Å². The highest BCUT2D eigenvalue weighted by Crippen LogP contribution is 2.32. The lowest BCUT2D eigenvalue weighted by Crippen LogP contribution is -2.45. The van der Waals surface area contributed by atoms with E-state index < -0.39 is 16.1 Å². The van der Waals surface area contributed by atoms with Crippen LogP contribution in [0.15, 0.2) is 29.2 Å². The summed E-state index contributed by atoms with van der Waals surface area (Å²) in [7, 11) is -3.81. The zero-order chi connectivity index (χ0) is 17.7. The molecule has 0 aromatic heterocycles. The minimum atomic E-state index is -3.81. The molecule has 0 heterocycles. The van der Waals surface area contributed by atoms with Gasteiger partial charge in [-0.1, -0.05) is 19.1 Å². The molecule has 7 heteroatoms. The topological polar surface area (TPSA) is 86.7 Å². The fourth-order valence-electron chi connectivity index (χ4n) is 3.23. The predicted octanol–water partition coefficient (Wildman–Crippen LogP) is 2.21. The van der Waals surface area contributed by atoms with Crippen molar-refractivity contribution in [3.05, 3.63) is 24.3 Å². The molecule has 24 heavy (non-hydrogen) atoms. The number of nitrogens with one attached hydrogen (secondary N) is 1. The van der Waals surface area contributed by atoms with Crippen LogP contribution in [-0.2, 0) is 14.8 Å². The molecular formula is C17H26N2O4S. The molecular weight excluding hydrogens is 328 g/mol. The van der Waals surface area contributed by atoms with Crippen molar-refractivity contribution in [3.63, 3.8) is 0 Å². The lowest BCUT2D eigenvalue weighted by molar-refractivity contribution is -0.105. The number of hydrogen-bond donors (Lipinski definition) is 2. The Morgan fingerprint density at radius 1 is 1.29 bits per heavy atom. The molecule has 2 N–H and O–H groups in total. The Kier molecular flexibility index (Phi) is 6.37. The first-order valence-electron chi connectivity index (χ1n) is 8.35. The molecule has 1 fully saturated rings. The number of aliphatic hydroxyl groups excluding tert-OH is 1. The van der Waals surface area contributed by atoms with E-state index in [0.29, 0.717) is 12.3 Å². The third-order valence-corrected chi connectivity index (χ3v) is 6.50. The quantitative estimate of drug-likeness (QED) is 0.735. The summed E-state index contributed by atoms with van der Waals surface area (Å²) in [5.41, 5.74) is 0.257. The average molecular weight is 354 g/mol. The highest BCUT2D eigenvalue weighted by Gasteiger charge is 2.35. The molecule has 1 saturated carbocycles. The third-order valence-electron chi connectivity index (χ3n) is 4.52. The summed E-state index contributed by atoms with van der Waals surface area (Å²) in [6, 6.07) is 6.23. The molecule has 1 unspecified atom stereocenters. The largest absolute Gasteiger partial charge is 0.392 e. The van der Waals surface area contributed by atoms with Crippen LogP contribution < -0.4 is 5.32 Å². The van der Waals surface area contributed by atoms with Crippen molar-refractivity contribution in [3.8, 4) is 0 Å². The summed E-state index contributed by atoms with van der Waals surface area (Å²) < 4.78 is 27.8. The van der Waals surface area contributed by atoms with Crippen LogP contribution in [0.4, 0.5) is 5.69 Å². The van der Waals surface area contributed by atoms with E-state index in [1.807, 2.05) is 0 Å². The zero-order valence-electron chi connectivity index (χ0n) is 14.2. The maximum Gasteiger partial charge on any atom is 0.245 e. The molecule has 1 aliphatic rings. The number of amides is 1. The number of nitrogens with zero attached hydrogens (tertiary/aromatic N) is 1. The Labute approximate surface area is 143 Å². The minimum absolute atomic E-state index is 0.0524. The van der Waals surface area contributed by atoms with Crippen molar-refractivity contribution in [2.75, 3.05) is 11.9 Å². The summed E-state index contributed by atoms with van der Waals surface area (Å²) in [6.07, 6.45) is 3.24. The van der Waals surface area contributed by atoms with Gasteiger partial charge in [-0.15, -0.1) is 0 Å². The molecule has 0 aliphatic heterocycles. The van der Waals surface area contributed by atoms with Crippen LogP contribution in [-0.4, -0.2) is 42.9 Å². The highest BCUT2D eigenvalue weighted by atomic mass is 32.2. The fraction of sp³-hybridized carbons (Fsp3) is 0.588. The Morgan fingerprint density at radius 2 is 1.92 bits per heavy atom. The van der Waals surface area contributed by atoms with E-state index in [1.165, 1.54) is 10.4 Å². The molecule has 1 amide bonds. The maximum atomic E-state index is 13.2. The SMILES string of the molecule is CC(O)CN(C1CCC(C)CC1)S(=O)(=O)c1ccccc1NC=O. The Balaban J connectivity index is 2.38. The lowest BCUT2D eigenvalue weighted by atomic mass is 9.87. The Hall–Kier alpha value is -1.44. The molecule has 6 nitrogen and oxygen atoms in total. The van der Waals surface area contributed by atoms with Crippen molar-refractivity contribution >= 4 is 22.1 Å². The van der Waals surface area contributed by atoms with E-state index in [2.05, 4.69) is 12.2 Å². The number of carbonyl (C=O) groups is 1. The highest BCUT2D eigenvalue weighted by molar-refractivity contribution is 7.89. The van der Waals surface area contributed by atoms with Gasteiger partial charge in [-0.25, -0.2) is 8.42 Å². The van der Waals surface area contributed by atoms with Crippen molar-refractivity contribution in [1.82, 2.24) is 4.31 Å². The number of rotatable bonds is 7. The number of para-hydroxylation sites is 1. The van der Waals surface area contributed by atoms with Gasteiger partial charge in [0.15, 0.2) is 0 Å². The van der Waals surface area contributed by atoms with Gasteiger partial charge < -0.3 is 10.4 Å². The van der Waals surface area contributed by atoms with Gasteiger partial charge in [-0.05, 0) is 50.7 Å². The molecule has 0 spiro atoms. The van der Waals surface area contributed by atoms with Gasteiger partial charge >= 0.3 is 0 Å². The van der Waals surface area contributed by atoms with Crippen LogP contribution in [0, 0.1) is 5.92 Å². The van der Waals surface area contributed by atoms with Gasteiger partial charge in [-0.3, -0.25) is 4.79 Å². The second-order valence-electron chi connectivity index (χ2n) is 6.60. The zero-order valence-corrected chi connectivity index (χ0v) is 15.0. The van der Waals surface area contributed by atoms with Gasteiger partial charge in [-0.2, -0.15) is 4.31 Å². The summed E-state index contributed by atoms with van der Waals surface area (Å²) >= 11 is 0. The molecule has 1 aromatic carbocycles. The average Bonchev–Trinajstić information content (AvgIpc) is 2.54. The molecule has 1 atom stereocenters. The van der Waals surface area contributed by atoms with E-state index in [9.17, 15) is 18.3 Å². The smallest absolute Gasteiger partial charge is 0.245 e. The molecule has 0 bridgehead atoms. The third kappa shape index (κ3) is 4.34. The first kappa shape index (κ1) is 18.9. The number of anilines is 1. The first-order chi connectivity index (χ1) is 11.4. The van der Waals surface area contributed by atoms with Gasteiger partial charge in [0, 0.05) is 12.6 Å². The molecule has 0 radical (unpaired) electrons. The second kappa shape index (κ2) is 8.09. The fourth-order valence-corrected chi connectivity index (χ4v) is 5.16. The van der Waals surface area contributed by atoms with Crippen LogP contribution in [0.5, 0.6) is 0 Å². The van der Waals surface area contributed by atoms with Crippen LogP contribution in [0.25, 0.3) is 0 Å². The number of benzene rings is 1. The first-order valence-corrected chi connectivity index (χ1v) is 9.79. The number of sulfonamides is 1. The van der Waals surface area contributed by atoms with E-state index in [-0.39, 0.29) is 23.2 Å². The second-order valence-corrected chi connectivity index (χ2v) is 8.45. The molecule has 1 aromatic rings. The van der Waals surface area contributed by atoms with Crippen molar-refractivity contribution in [2.24, 2.45) is 5.92 Å². The molecule has 1 aliphatic carbocycles. The lowest BCUT2D eigenvalue weighted by Gasteiger charge is -2.36. The normalized spacial score (nSPS) is 23.0. The Morgan fingerprint density at radius 3 is 2.50 bits per heavy atom. The minimum Gasteiger partial charge on any atom is -0.392 e. The summed E-state index contributed by atoms with van der Waals surface area (Å²) in [5.74, 6) is 0.598. The molecule has 0 saturated heterocycles. The van der Waals surface area contributed by atoms with Gasteiger partial charge in [0.05, 0.1) is 11.8 Å². The standard InChI is InChI=1S/C17H26N2O4S/c1-13-7-9-15(10-8-13)19(11-14(2)21)24(22,23)17-6-4-3-5-16(17)18-12-20/h3-6,12-15,21H,7-11H2,1-2H3,(H,18,20). The number of carbonyl (C=O) groups excluding carboxylic acids is 1.